The van der Waals surface area contributed by atoms with Crippen molar-refractivity contribution in [3.05, 3.63) is 146 Å². The van der Waals surface area contributed by atoms with Gasteiger partial charge in [-0.3, -0.25) is 48.5 Å². The van der Waals surface area contributed by atoms with Crippen LogP contribution in [0.4, 0.5) is 17.1 Å². The van der Waals surface area contributed by atoms with Gasteiger partial charge in [-0.25, -0.2) is 0 Å². The lowest BCUT2D eigenvalue weighted by molar-refractivity contribution is -0.136. The number of aromatic nitrogens is 3. The predicted octanol–water partition coefficient (Wildman–Crippen LogP) is 8.62. The number of fused-ring (bicyclic) bond motifs is 4. The standard InChI is InChI=1S/C49H42ClN9O7S/c1-26-27(2)67-49-42(26)44(30-12-14-31(50)15-13-30)52-37(45-57-54-28(3)58(45)49)24-41(62)51-32-18-20-34(21-19-32)56-55-33-16-10-29(11-17-33)6-4-7-35(60)25-66-39-9-5-8-36-43(39)48(65)59(47(36)64)38-22-23-40(61)53-46(38)63/h5,8-21,37-38H,4,6-7,22-25H2,1-3H3,(H,51,62)(H,53,61,63)/t37-,38?/m0/s1. The zero-order valence-corrected chi connectivity index (χ0v) is 38.1. The Morgan fingerprint density at radius 3 is 2.31 bits per heavy atom. The number of aryl methyl sites for hydroxylation is 3. The number of anilines is 1. The molecule has 5 heterocycles. The number of benzene rings is 4. The Morgan fingerprint density at radius 2 is 1.60 bits per heavy atom. The third-order valence-corrected chi connectivity index (χ3v) is 13.3. The first kappa shape index (κ1) is 44.7. The van der Waals surface area contributed by atoms with E-state index in [0.29, 0.717) is 46.6 Å². The van der Waals surface area contributed by atoms with Crippen LogP contribution >= 0.6 is 22.9 Å². The van der Waals surface area contributed by atoms with E-state index < -0.39 is 35.7 Å². The van der Waals surface area contributed by atoms with Crippen molar-refractivity contribution in [3.8, 4) is 10.8 Å². The Labute approximate surface area is 393 Å². The predicted molar refractivity (Wildman–Crippen MR) is 250 cm³/mol. The topological polar surface area (TPSA) is 207 Å². The van der Waals surface area contributed by atoms with Gasteiger partial charge < -0.3 is 10.1 Å². The van der Waals surface area contributed by atoms with Gasteiger partial charge in [-0.05, 0) is 112 Å². The summed E-state index contributed by atoms with van der Waals surface area (Å²) >= 11 is 7.90. The van der Waals surface area contributed by atoms with Gasteiger partial charge in [-0.15, -0.1) is 21.5 Å². The summed E-state index contributed by atoms with van der Waals surface area (Å²) in [4.78, 5) is 84.0. The average molecular weight is 936 g/mol. The number of carbonyl (C=O) groups is 6. The average Bonchev–Trinajstić information content (AvgIpc) is 3.89. The van der Waals surface area contributed by atoms with Crippen LogP contribution in [0.1, 0.15) is 97.6 Å². The summed E-state index contributed by atoms with van der Waals surface area (Å²) in [6.07, 6.45) is 1.47. The van der Waals surface area contributed by atoms with E-state index in [2.05, 4.69) is 44.9 Å². The summed E-state index contributed by atoms with van der Waals surface area (Å²) in [6, 6.07) is 24.9. The minimum Gasteiger partial charge on any atom is -0.485 e. The summed E-state index contributed by atoms with van der Waals surface area (Å²) in [7, 11) is 0. The molecule has 3 aliphatic rings. The number of Topliss-reactive ketones (excluding diaryl/α,β-unsaturated/α-hetero) is 1. The first-order chi connectivity index (χ1) is 32.3. The molecule has 16 nitrogen and oxygen atoms in total. The number of aliphatic imine (C=N–C) groups is 1. The van der Waals surface area contributed by atoms with Crippen LogP contribution in [0.3, 0.4) is 0 Å². The Kier molecular flexibility index (Phi) is 12.5. The van der Waals surface area contributed by atoms with Gasteiger partial charge in [0.25, 0.3) is 11.8 Å². The van der Waals surface area contributed by atoms with Gasteiger partial charge in [0, 0.05) is 39.6 Å². The maximum Gasteiger partial charge on any atom is 0.266 e. The Balaban J connectivity index is 0.762. The number of azo groups is 1. The first-order valence-electron chi connectivity index (χ1n) is 21.6. The van der Waals surface area contributed by atoms with Crippen molar-refractivity contribution >= 4 is 81.0 Å². The fraction of sp³-hybridized carbons (Fsp3) is 0.245. The maximum atomic E-state index is 13.6. The Morgan fingerprint density at radius 1 is 0.881 bits per heavy atom. The van der Waals surface area contributed by atoms with Crippen LogP contribution in [0.5, 0.6) is 5.75 Å². The monoisotopic (exact) mass is 935 g/mol. The van der Waals surface area contributed by atoms with Crippen LogP contribution in [0.15, 0.2) is 106 Å². The van der Waals surface area contributed by atoms with Crippen molar-refractivity contribution in [3.63, 3.8) is 0 Å². The van der Waals surface area contributed by atoms with Crippen LogP contribution < -0.4 is 15.4 Å². The number of hydrogen-bond donors (Lipinski definition) is 2. The second-order valence-electron chi connectivity index (χ2n) is 16.4. The number of hydrogen-bond acceptors (Lipinski definition) is 13. The molecule has 0 bridgehead atoms. The molecule has 1 fully saturated rings. The number of amides is 5. The molecule has 0 saturated carbocycles. The molecule has 67 heavy (non-hydrogen) atoms. The molecule has 1 unspecified atom stereocenters. The molecular weight excluding hydrogens is 894 g/mol. The quantitative estimate of drug-likeness (QED) is 0.0791. The van der Waals surface area contributed by atoms with E-state index in [4.69, 9.17) is 21.3 Å². The number of ketones is 1. The van der Waals surface area contributed by atoms with E-state index in [-0.39, 0.29) is 60.9 Å². The fourth-order valence-corrected chi connectivity index (χ4v) is 9.64. The summed E-state index contributed by atoms with van der Waals surface area (Å²) in [6.45, 7) is 5.76. The van der Waals surface area contributed by atoms with Crippen molar-refractivity contribution in [1.82, 2.24) is 25.0 Å². The van der Waals surface area contributed by atoms with Crippen molar-refractivity contribution in [2.45, 2.75) is 71.4 Å². The van der Waals surface area contributed by atoms with E-state index in [9.17, 15) is 28.8 Å². The zero-order chi connectivity index (χ0) is 46.9. The van der Waals surface area contributed by atoms with Crippen molar-refractivity contribution < 1.29 is 33.5 Å². The highest BCUT2D eigenvalue weighted by atomic mass is 35.5. The fourth-order valence-electron chi connectivity index (χ4n) is 8.30. The largest absolute Gasteiger partial charge is 0.485 e. The van der Waals surface area contributed by atoms with E-state index in [1.165, 1.54) is 12.1 Å². The van der Waals surface area contributed by atoms with Crippen molar-refractivity contribution in [2.75, 3.05) is 11.9 Å². The number of carbonyl (C=O) groups excluding carboxylic acids is 6. The molecule has 338 valence electrons. The lowest BCUT2D eigenvalue weighted by atomic mass is 9.99. The Hall–Kier alpha value is -7.50. The van der Waals surface area contributed by atoms with Gasteiger partial charge >= 0.3 is 0 Å². The van der Waals surface area contributed by atoms with Crippen LogP contribution in [0, 0.1) is 20.8 Å². The van der Waals surface area contributed by atoms with Gasteiger partial charge in [0.05, 0.1) is 34.6 Å². The summed E-state index contributed by atoms with van der Waals surface area (Å²) < 4.78 is 7.74. The number of halogens is 1. The minimum absolute atomic E-state index is 0.00360. The zero-order valence-electron chi connectivity index (χ0n) is 36.5. The lowest BCUT2D eigenvalue weighted by Crippen LogP contribution is -2.54. The van der Waals surface area contributed by atoms with E-state index in [1.54, 1.807) is 41.7 Å². The molecule has 5 amide bonds. The van der Waals surface area contributed by atoms with Gasteiger partial charge in [-0.2, -0.15) is 10.2 Å². The van der Waals surface area contributed by atoms with Gasteiger partial charge in [0.2, 0.25) is 17.7 Å². The molecule has 4 aromatic carbocycles. The molecule has 2 aromatic heterocycles. The first-order valence-corrected chi connectivity index (χ1v) is 22.8. The molecule has 9 rings (SSSR count). The highest BCUT2D eigenvalue weighted by molar-refractivity contribution is 7.15. The van der Waals surface area contributed by atoms with Crippen LogP contribution in [0.2, 0.25) is 5.02 Å². The highest BCUT2D eigenvalue weighted by Gasteiger charge is 2.46. The SMILES string of the molecule is Cc1sc2c(c1C)C(c1ccc(Cl)cc1)=N[C@@H](CC(=O)Nc1ccc(N=Nc3ccc(CCCC(=O)COc4cccc5c4C(=O)N(C4CCC(=O)NC4=O)C5=O)cc3)cc1)c1nnc(C)n1-2. The maximum absolute atomic E-state index is 13.6. The summed E-state index contributed by atoms with van der Waals surface area (Å²) in [5.41, 5.74) is 6.65. The smallest absolute Gasteiger partial charge is 0.266 e. The minimum atomic E-state index is -1.10. The van der Waals surface area contributed by atoms with Crippen molar-refractivity contribution in [1.29, 1.82) is 0 Å². The molecular formula is C49H42ClN9O7S. The van der Waals surface area contributed by atoms with Crippen molar-refractivity contribution in [2.24, 2.45) is 15.2 Å². The number of nitrogens with one attached hydrogen (secondary N) is 2. The molecule has 3 aliphatic heterocycles. The highest BCUT2D eigenvalue weighted by Crippen LogP contribution is 2.40. The second-order valence-corrected chi connectivity index (χ2v) is 18.0. The van der Waals surface area contributed by atoms with E-state index >= 15 is 0 Å². The van der Waals surface area contributed by atoms with Crippen LogP contribution in [-0.2, 0) is 25.6 Å². The molecule has 0 radical (unpaired) electrons. The molecule has 18 heteroatoms. The van der Waals surface area contributed by atoms with Gasteiger partial charge in [0.1, 0.15) is 35.3 Å². The normalized spacial score (nSPS) is 16.6. The molecule has 6 aromatic rings. The van der Waals surface area contributed by atoms with Gasteiger partial charge in [-0.1, -0.05) is 41.9 Å². The summed E-state index contributed by atoms with van der Waals surface area (Å²) in [5, 5.41) is 24.4. The van der Waals surface area contributed by atoms with Gasteiger partial charge in [0.15, 0.2) is 11.6 Å². The molecule has 0 aliphatic carbocycles. The second kappa shape index (κ2) is 18.8. The molecule has 2 atom stereocenters. The number of piperidine rings is 1. The number of rotatable bonds is 14. The van der Waals surface area contributed by atoms with E-state index in [0.717, 1.165) is 42.7 Å². The number of thiophene rings is 1. The molecule has 1 saturated heterocycles. The third kappa shape index (κ3) is 9.20. The third-order valence-electron chi connectivity index (χ3n) is 11.8. The Bertz CT molecular complexity index is 3050. The van der Waals surface area contributed by atoms with E-state index in [1.807, 2.05) is 60.0 Å². The van der Waals surface area contributed by atoms with Crippen LogP contribution in [0.25, 0.3) is 5.00 Å². The molecule has 2 N–H and O–H groups in total. The number of nitrogens with zero attached hydrogens (tertiary/aromatic N) is 7. The van der Waals surface area contributed by atoms with Crippen LogP contribution in [-0.4, -0.2) is 73.3 Å². The lowest BCUT2D eigenvalue weighted by Gasteiger charge is -2.27. The molecule has 0 spiro atoms. The number of ether oxygens (including phenoxy) is 1. The summed E-state index contributed by atoms with van der Waals surface area (Å²) in [5.74, 6) is -1.55. The number of imide groups is 2.